The molecule has 1 aliphatic heterocycles. The van der Waals surface area contributed by atoms with E-state index < -0.39 is 5.91 Å². The van der Waals surface area contributed by atoms with Gasteiger partial charge in [0.25, 0.3) is 5.91 Å². The Morgan fingerprint density at radius 1 is 1.31 bits per heavy atom. The molecular formula is C18H24N6O2. The number of nitrogens with one attached hydrogen (secondary N) is 4. The van der Waals surface area contributed by atoms with Crippen LogP contribution >= 0.6 is 0 Å². The number of hydrogen-bond acceptors (Lipinski definition) is 6. The molecule has 1 aromatic carbocycles. The van der Waals surface area contributed by atoms with Crippen molar-refractivity contribution in [2.75, 3.05) is 49.9 Å². The van der Waals surface area contributed by atoms with Crippen molar-refractivity contribution in [1.29, 1.82) is 5.26 Å². The van der Waals surface area contributed by atoms with Gasteiger partial charge in [-0.3, -0.25) is 14.5 Å². The molecule has 8 heteroatoms. The molecule has 0 aliphatic carbocycles. The van der Waals surface area contributed by atoms with Gasteiger partial charge in [-0.2, -0.15) is 5.26 Å². The number of rotatable bonds is 7. The first-order valence-corrected chi connectivity index (χ1v) is 8.54. The van der Waals surface area contributed by atoms with Crippen molar-refractivity contribution in [2.45, 2.75) is 6.92 Å². The highest BCUT2D eigenvalue weighted by Crippen LogP contribution is 2.15. The van der Waals surface area contributed by atoms with Gasteiger partial charge in [0.15, 0.2) is 0 Å². The zero-order valence-corrected chi connectivity index (χ0v) is 14.8. The molecule has 0 spiro atoms. The summed E-state index contributed by atoms with van der Waals surface area (Å²) in [6, 6.07) is 8.91. The molecule has 26 heavy (non-hydrogen) atoms. The lowest BCUT2D eigenvalue weighted by Crippen LogP contribution is -2.46. The van der Waals surface area contributed by atoms with Gasteiger partial charge in [0.05, 0.1) is 0 Å². The average molecular weight is 356 g/mol. The minimum absolute atomic E-state index is 0.00441. The van der Waals surface area contributed by atoms with E-state index in [1.54, 1.807) is 24.3 Å². The van der Waals surface area contributed by atoms with Crippen molar-refractivity contribution >= 4 is 23.2 Å². The van der Waals surface area contributed by atoms with Crippen molar-refractivity contribution in [3.8, 4) is 6.07 Å². The fourth-order valence-corrected chi connectivity index (χ4v) is 2.55. The third kappa shape index (κ3) is 6.55. The van der Waals surface area contributed by atoms with Crippen LogP contribution in [0.4, 0.5) is 11.4 Å². The van der Waals surface area contributed by atoms with Crippen LogP contribution in [0.2, 0.25) is 0 Å². The molecule has 4 N–H and O–H groups in total. The predicted molar refractivity (Wildman–Crippen MR) is 100 cm³/mol. The number of anilines is 2. The van der Waals surface area contributed by atoms with Gasteiger partial charge in [0.2, 0.25) is 5.91 Å². The molecule has 1 fully saturated rings. The lowest BCUT2D eigenvalue weighted by atomic mass is 10.2. The third-order valence-corrected chi connectivity index (χ3v) is 3.85. The number of benzene rings is 1. The maximum Gasteiger partial charge on any atom is 0.263 e. The van der Waals surface area contributed by atoms with Crippen LogP contribution in [-0.2, 0) is 9.59 Å². The van der Waals surface area contributed by atoms with E-state index in [1.807, 2.05) is 6.07 Å². The van der Waals surface area contributed by atoms with E-state index in [2.05, 4.69) is 26.2 Å². The number of amides is 2. The molecule has 138 valence electrons. The van der Waals surface area contributed by atoms with Crippen LogP contribution in [0.15, 0.2) is 36.0 Å². The van der Waals surface area contributed by atoms with Gasteiger partial charge >= 0.3 is 0 Å². The Morgan fingerprint density at radius 3 is 2.73 bits per heavy atom. The van der Waals surface area contributed by atoms with E-state index in [0.29, 0.717) is 17.9 Å². The van der Waals surface area contributed by atoms with Crippen LogP contribution in [0.5, 0.6) is 0 Å². The Balaban J connectivity index is 1.85. The SMILES string of the molecule is CC(=O)Nc1cccc(N/C=C(/C#N)C(=O)NCCN2CCNCC2)c1. The number of carbonyl (C=O) groups excluding carboxylic acids is 2. The molecule has 0 bridgehead atoms. The van der Waals surface area contributed by atoms with Gasteiger partial charge in [0, 0.05) is 63.8 Å². The van der Waals surface area contributed by atoms with Gasteiger partial charge in [-0.1, -0.05) is 6.07 Å². The van der Waals surface area contributed by atoms with Crippen molar-refractivity contribution in [2.24, 2.45) is 0 Å². The molecular weight excluding hydrogens is 332 g/mol. The summed E-state index contributed by atoms with van der Waals surface area (Å²) in [5, 5.41) is 20.8. The van der Waals surface area contributed by atoms with Gasteiger partial charge in [-0.05, 0) is 18.2 Å². The largest absolute Gasteiger partial charge is 0.360 e. The zero-order chi connectivity index (χ0) is 18.8. The predicted octanol–water partition coefficient (Wildman–Crippen LogP) is 0.486. The Labute approximate surface area is 153 Å². The van der Waals surface area contributed by atoms with E-state index in [0.717, 1.165) is 32.7 Å². The number of nitriles is 1. The summed E-state index contributed by atoms with van der Waals surface area (Å²) in [7, 11) is 0. The fraction of sp³-hybridized carbons (Fsp3) is 0.389. The van der Waals surface area contributed by atoms with Gasteiger partial charge in [-0.15, -0.1) is 0 Å². The van der Waals surface area contributed by atoms with Crippen LogP contribution in [-0.4, -0.2) is 56.0 Å². The summed E-state index contributed by atoms with van der Waals surface area (Å²) in [6.07, 6.45) is 1.37. The monoisotopic (exact) mass is 356 g/mol. The summed E-state index contributed by atoms with van der Waals surface area (Å²) in [5.74, 6) is -0.576. The smallest absolute Gasteiger partial charge is 0.263 e. The Morgan fingerprint density at radius 2 is 2.04 bits per heavy atom. The Hall–Kier alpha value is -2.89. The average Bonchev–Trinajstić information content (AvgIpc) is 2.63. The molecule has 2 amide bonds. The molecule has 2 rings (SSSR count). The van der Waals surface area contributed by atoms with Crippen LogP contribution in [0.3, 0.4) is 0 Å². The highest BCUT2D eigenvalue weighted by molar-refractivity contribution is 5.97. The van der Waals surface area contributed by atoms with Crippen LogP contribution in [0, 0.1) is 11.3 Å². The second-order valence-electron chi connectivity index (χ2n) is 5.92. The molecule has 0 radical (unpaired) electrons. The topological polar surface area (TPSA) is 109 Å². The second kappa shape index (κ2) is 10.2. The van der Waals surface area contributed by atoms with E-state index >= 15 is 0 Å². The summed E-state index contributed by atoms with van der Waals surface area (Å²) in [6.45, 7) is 6.52. The Bertz CT molecular complexity index is 704. The summed E-state index contributed by atoms with van der Waals surface area (Å²) in [4.78, 5) is 25.5. The first kappa shape index (κ1) is 19.4. The lowest BCUT2D eigenvalue weighted by molar-refractivity contribution is -0.117. The van der Waals surface area contributed by atoms with Gasteiger partial charge < -0.3 is 21.3 Å². The van der Waals surface area contributed by atoms with Crippen LogP contribution in [0.25, 0.3) is 0 Å². The second-order valence-corrected chi connectivity index (χ2v) is 5.92. The number of piperazine rings is 1. The minimum Gasteiger partial charge on any atom is -0.360 e. The number of carbonyl (C=O) groups is 2. The number of nitrogens with zero attached hydrogens (tertiary/aromatic N) is 2. The lowest BCUT2D eigenvalue weighted by Gasteiger charge is -2.27. The standard InChI is InChI=1S/C18H24N6O2/c1-14(25)23-17-4-2-3-16(11-17)22-13-15(12-19)18(26)21-7-10-24-8-5-20-6-9-24/h2-4,11,13,20,22H,5-10H2,1H3,(H,21,26)(H,23,25)/b15-13-. The van der Waals surface area contributed by atoms with E-state index in [1.165, 1.54) is 13.1 Å². The first-order chi connectivity index (χ1) is 12.6. The molecule has 8 nitrogen and oxygen atoms in total. The number of hydrogen-bond donors (Lipinski definition) is 4. The van der Waals surface area contributed by atoms with Crippen molar-refractivity contribution in [3.63, 3.8) is 0 Å². The van der Waals surface area contributed by atoms with Crippen LogP contribution < -0.4 is 21.3 Å². The molecule has 1 aliphatic rings. The molecule has 0 saturated carbocycles. The highest BCUT2D eigenvalue weighted by Gasteiger charge is 2.11. The van der Waals surface area contributed by atoms with E-state index in [9.17, 15) is 14.9 Å². The normalized spacial score (nSPS) is 15.0. The molecule has 0 aromatic heterocycles. The maximum absolute atomic E-state index is 12.1. The molecule has 0 atom stereocenters. The maximum atomic E-state index is 12.1. The summed E-state index contributed by atoms with van der Waals surface area (Å²) < 4.78 is 0. The fourth-order valence-electron chi connectivity index (χ4n) is 2.55. The van der Waals surface area contributed by atoms with Crippen molar-refractivity contribution in [3.05, 3.63) is 36.0 Å². The summed E-state index contributed by atoms with van der Waals surface area (Å²) >= 11 is 0. The van der Waals surface area contributed by atoms with Gasteiger partial charge in [0.1, 0.15) is 11.6 Å². The first-order valence-electron chi connectivity index (χ1n) is 8.54. The molecule has 1 heterocycles. The summed E-state index contributed by atoms with van der Waals surface area (Å²) in [5.41, 5.74) is 1.29. The molecule has 0 unspecified atom stereocenters. The van der Waals surface area contributed by atoms with E-state index in [4.69, 9.17) is 0 Å². The zero-order valence-electron chi connectivity index (χ0n) is 14.8. The highest BCUT2D eigenvalue weighted by atomic mass is 16.2. The third-order valence-electron chi connectivity index (χ3n) is 3.85. The van der Waals surface area contributed by atoms with E-state index in [-0.39, 0.29) is 11.5 Å². The quantitative estimate of drug-likeness (QED) is 0.418. The van der Waals surface area contributed by atoms with Crippen LogP contribution in [0.1, 0.15) is 6.92 Å². The Kier molecular flexibility index (Phi) is 7.61. The van der Waals surface area contributed by atoms with Crippen molar-refractivity contribution < 1.29 is 9.59 Å². The van der Waals surface area contributed by atoms with Crippen molar-refractivity contribution in [1.82, 2.24) is 15.5 Å². The molecule has 1 aromatic rings. The van der Waals surface area contributed by atoms with Gasteiger partial charge in [-0.25, -0.2) is 0 Å². The molecule has 1 saturated heterocycles. The minimum atomic E-state index is -0.409.